The molecule has 0 aliphatic carbocycles. The molecule has 28 heavy (non-hydrogen) atoms. The molecule has 0 radical (unpaired) electrons. The number of ether oxygens (including phenoxy) is 3. The van der Waals surface area contributed by atoms with Crippen molar-refractivity contribution in [1.82, 2.24) is 5.32 Å². The molecule has 0 spiro atoms. The Hall–Kier alpha value is -3.06. The van der Waals surface area contributed by atoms with Gasteiger partial charge in [-0.05, 0) is 43.2 Å². The van der Waals surface area contributed by atoms with Crippen LogP contribution in [0.4, 0.5) is 5.69 Å². The number of carbonyl (C=O) groups is 2. The van der Waals surface area contributed by atoms with Gasteiger partial charge in [-0.3, -0.25) is 9.59 Å². The molecule has 1 fully saturated rings. The van der Waals surface area contributed by atoms with Crippen LogP contribution in [-0.4, -0.2) is 44.3 Å². The Morgan fingerprint density at radius 1 is 0.964 bits per heavy atom. The summed E-state index contributed by atoms with van der Waals surface area (Å²) in [5, 5.41) is 5.70. The molecule has 2 aliphatic heterocycles. The highest BCUT2D eigenvalue weighted by Gasteiger charge is 2.19. The van der Waals surface area contributed by atoms with Crippen molar-refractivity contribution in [2.75, 3.05) is 31.7 Å². The second kappa shape index (κ2) is 8.31. The van der Waals surface area contributed by atoms with Crippen molar-refractivity contribution in [3.63, 3.8) is 0 Å². The van der Waals surface area contributed by atoms with E-state index in [1.807, 2.05) is 0 Å². The first kappa shape index (κ1) is 18.3. The van der Waals surface area contributed by atoms with Gasteiger partial charge < -0.3 is 24.8 Å². The number of benzene rings is 2. The van der Waals surface area contributed by atoms with E-state index in [0.29, 0.717) is 48.1 Å². The van der Waals surface area contributed by atoms with Gasteiger partial charge in [0.25, 0.3) is 11.8 Å². The van der Waals surface area contributed by atoms with Crippen molar-refractivity contribution >= 4 is 17.5 Å². The number of nitrogens with one attached hydrogen (secondary N) is 2. The molecule has 2 heterocycles. The molecule has 146 valence electrons. The van der Waals surface area contributed by atoms with Crippen LogP contribution in [0.1, 0.15) is 33.6 Å². The Bertz CT molecular complexity index is 877. The molecule has 7 heteroatoms. The number of rotatable bonds is 5. The Balaban J connectivity index is 1.45. The van der Waals surface area contributed by atoms with Gasteiger partial charge in [0, 0.05) is 18.7 Å². The molecule has 0 aromatic heterocycles. The summed E-state index contributed by atoms with van der Waals surface area (Å²) in [7, 11) is 0. The van der Waals surface area contributed by atoms with E-state index in [9.17, 15) is 9.59 Å². The van der Waals surface area contributed by atoms with Crippen LogP contribution < -0.4 is 20.1 Å². The molecular weight excluding hydrogens is 360 g/mol. The minimum absolute atomic E-state index is 0.0587. The molecule has 0 bridgehead atoms. The van der Waals surface area contributed by atoms with Crippen LogP contribution in [0.5, 0.6) is 11.5 Å². The van der Waals surface area contributed by atoms with Crippen LogP contribution >= 0.6 is 0 Å². The summed E-state index contributed by atoms with van der Waals surface area (Å²) >= 11 is 0. The van der Waals surface area contributed by atoms with Gasteiger partial charge in [-0.25, -0.2) is 0 Å². The van der Waals surface area contributed by atoms with E-state index in [4.69, 9.17) is 14.2 Å². The summed E-state index contributed by atoms with van der Waals surface area (Å²) < 4.78 is 16.5. The van der Waals surface area contributed by atoms with E-state index < -0.39 is 0 Å². The summed E-state index contributed by atoms with van der Waals surface area (Å²) in [4.78, 5) is 25.3. The van der Waals surface area contributed by atoms with Crippen molar-refractivity contribution < 1.29 is 23.8 Å². The number of hydrogen-bond acceptors (Lipinski definition) is 5. The SMILES string of the molecule is O=C(Nc1ccccc1C(=O)NC[C@@H]1CCCO1)c1ccc2c(c1)OCCO2. The maximum absolute atomic E-state index is 12.7. The van der Waals surface area contributed by atoms with E-state index in [1.165, 1.54) is 0 Å². The van der Waals surface area contributed by atoms with Crippen molar-refractivity contribution in [2.45, 2.75) is 18.9 Å². The smallest absolute Gasteiger partial charge is 0.255 e. The summed E-state index contributed by atoms with van der Waals surface area (Å²) in [6, 6.07) is 12.0. The van der Waals surface area contributed by atoms with Gasteiger partial charge in [0.15, 0.2) is 11.5 Å². The van der Waals surface area contributed by atoms with Crippen LogP contribution in [0.2, 0.25) is 0 Å². The molecular formula is C21H22N2O5. The van der Waals surface area contributed by atoms with Gasteiger partial charge in [-0.1, -0.05) is 12.1 Å². The number of fused-ring (bicyclic) bond motifs is 1. The first-order valence-corrected chi connectivity index (χ1v) is 9.40. The number of carbonyl (C=O) groups excluding carboxylic acids is 2. The topological polar surface area (TPSA) is 85.9 Å². The van der Waals surface area contributed by atoms with Crippen LogP contribution in [0.3, 0.4) is 0 Å². The van der Waals surface area contributed by atoms with Crippen molar-refractivity contribution in [3.05, 3.63) is 53.6 Å². The van der Waals surface area contributed by atoms with E-state index in [1.54, 1.807) is 42.5 Å². The number of anilines is 1. The number of para-hydroxylation sites is 1. The third kappa shape index (κ3) is 4.09. The Kier molecular flexibility index (Phi) is 5.43. The largest absolute Gasteiger partial charge is 0.486 e. The lowest BCUT2D eigenvalue weighted by Crippen LogP contribution is -2.32. The average Bonchev–Trinajstić information content (AvgIpc) is 3.25. The molecule has 2 aromatic carbocycles. The highest BCUT2D eigenvalue weighted by molar-refractivity contribution is 6.09. The molecule has 0 saturated carbocycles. The number of hydrogen-bond donors (Lipinski definition) is 2. The second-order valence-electron chi connectivity index (χ2n) is 6.70. The lowest BCUT2D eigenvalue weighted by atomic mass is 10.1. The quantitative estimate of drug-likeness (QED) is 0.830. The van der Waals surface area contributed by atoms with E-state index >= 15 is 0 Å². The van der Waals surface area contributed by atoms with Gasteiger partial charge in [-0.2, -0.15) is 0 Å². The van der Waals surface area contributed by atoms with Gasteiger partial charge >= 0.3 is 0 Å². The van der Waals surface area contributed by atoms with Crippen LogP contribution in [0.15, 0.2) is 42.5 Å². The summed E-state index contributed by atoms with van der Waals surface area (Å²) in [6.07, 6.45) is 2.02. The minimum Gasteiger partial charge on any atom is -0.486 e. The van der Waals surface area contributed by atoms with Crippen molar-refractivity contribution in [1.29, 1.82) is 0 Å². The van der Waals surface area contributed by atoms with Crippen molar-refractivity contribution in [2.24, 2.45) is 0 Å². The van der Waals surface area contributed by atoms with Crippen LogP contribution in [0, 0.1) is 0 Å². The van der Waals surface area contributed by atoms with Crippen LogP contribution in [-0.2, 0) is 4.74 Å². The zero-order chi connectivity index (χ0) is 19.3. The highest BCUT2D eigenvalue weighted by Crippen LogP contribution is 2.31. The van der Waals surface area contributed by atoms with Gasteiger partial charge in [0.05, 0.1) is 17.4 Å². The molecule has 7 nitrogen and oxygen atoms in total. The zero-order valence-corrected chi connectivity index (χ0v) is 15.4. The van der Waals surface area contributed by atoms with Crippen LogP contribution in [0.25, 0.3) is 0 Å². The normalized spacial score (nSPS) is 17.8. The van der Waals surface area contributed by atoms with E-state index in [-0.39, 0.29) is 17.9 Å². The maximum Gasteiger partial charge on any atom is 0.255 e. The molecule has 2 aromatic rings. The summed E-state index contributed by atoms with van der Waals surface area (Å²) in [6.45, 7) is 2.14. The maximum atomic E-state index is 12.7. The fraction of sp³-hybridized carbons (Fsp3) is 0.333. The fourth-order valence-electron chi connectivity index (χ4n) is 3.28. The molecule has 1 saturated heterocycles. The third-order valence-corrected chi connectivity index (χ3v) is 4.74. The molecule has 0 unspecified atom stereocenters. The molecule has 2 N–H and O–H groups in total. The zero-order valence-electron chi connectivity index (χ0n) is 15.4. The predicted molar refractivity (Wildman–Crippen MR) is 103 cm³/mol. The van der Waals surface area contributed by atoms with Gasteiger partial charge in [-0.15, -0.1) is 0 Å². The Morgan fingerprint density at radius 3 is 2.61 bits per heavy atom. The molecule has 1 atom stereocenters. The van der Waals surface area contributed by atoms with Gasteiger partial charge in [0.1, 0.15) is 13.2 Å². The first-order valence-electron chi connectivity index (χ1n) is 9.40. The summed E-state index contributed by atoms with van der Waals surface area (Å²) in [5.74, 6) is 0.600. The van der Waals surface area contributed by atoms with E-state index in [2.05, 4.69) is 10.6 Å². The fourth-order valence-corrected chi connectivity index (χ4v) is 3.28. The van der Waals surface area contributed by atoms with E-state index in [0.717, 1.165) is 19.4 Å². The first-order chi connectivity index (χ1) is 13.7. The van der Waals surface area contributed by atoms with Crippen molar-refractivity contribution in [3.8, 4) is 11.5 Å². The third-order valence-electron chi connectivity index (χ3n) is 4.74. The average molecular weight is 382 g/mol. The lowest BCUT2D eigenvalue weighted by molar-refractivity contribution is 0.0858. The molecule has 2 aliphatic rings. The monoisotopic (exact) mass is 382 g/mol. The Morgan fingerprint density at radius 2 is 1.79 bits per heavy atom. The molecule has 4 rings (SSSR count). The second-order valence-corrected chi connectivity index (χ2v) is 6.70. The molecule has 2 amide bonds. The van der Waals surface area contributed by atoms with Gasteiger partial charge in [0.2, 0.25) is 0 Å². The predicted octanol–water partition coefficient (Wildman–Crippen LogP) is 2.62. The lowest BCUT2D eigenvalue weighted by Gasteiger charge is -2.19. The standard InChI is InChI=1S/C21H22N2O5/c24-20(14-7-8-18-19(12-14)28-11-10-27-18)23-17-6-2-1-5-16(17)21(25)22-13-15-4-3-9-26-15/h1-2,5-8,12,15H,3-4,9-11,13H2,(H,22,25)(H,23,24)/t15-/m0/s1. The highest BCUT2D eigenvalue weighted by atomic mass is 16.6. The summed E-state index contributed by atoms with van der Waals surface area (Å²) in [5.41, 5.74) is 1.29. The number of amides is 2. The minimum atomic E-state index is -0.323. The Labute approximate surface area is 163 Å².